The number of nitrogens with zero attached hydrogens (tertiary/aromatic N) is 2. The molecule has 0 atom stereocenters. The molecule has 1 aromatic carbocycles. The van der Waals surface area contributed by atoms with Crippen molar-refractivity contribution in [3.05, 3.63) is 40.7 Å². The lowest BCUT2D eigenvalue weighted by Crippen LogP contribution is -2.00. The number of benzene rings is 1. The van der Waals surface area contributed by atoms with E-state index in [1.165, 1.54) is 12.1 Å². The van der Waals surface area contributed by atoms with E-state index in [4.69, 9.17) is 0 Å². The first kappa shape index (κ1) is 9.83. The van der Waals surface area contributed by atoms with Crippen molar-refractivity contribution in [2.24, 2.45) is 7.05 Å². The van der Waals surface area contributed by atoms with Crippen LogP contribution in [0.25, 0.3) is 22.3 Å². The lowest BCUT2D eigenvalue weighted by atomic mass is 10.1. The molecule has 0 aliphatic rings. The zero-order chi connectivity index (χ0) is 12.0. The van der Waals surface area contributed by atoms with Gasteiger partial charge in [0.15, 0.2) is 5.82 Å². The molecular formula is C11H9FN4O. The maximum absolute atomic E-state index is 13.2. The largest absolute Gasteiger partial charge is 0.350 e. The lowest BCUT2D eigenvalue weighted by Gasteiger charge is -1.95. The molecule has 0 spiro atoms. The average molecular weight is 232 g/mol. The van der Waals surface area contributed by atoms with Gasteiger partial charge in [-0.05, 0) is 18.2 Å². The summed E-state index contributed by atoms with van der Waals surface area (Å²) in [6, 6.07) is 4.52. The first-order chi connectivity index (χ1) is 8.15. The Balaban J connectivity index is 2.36. The predicted octanol–water partition coefficient (Wildman–Crippen LogP) is 1.40. The van der Waals surface area contributed by atoms with Crippen molar-refractivity contribution in [1.82, 2.24) is 19.7 Å². The SMILES string of the molecule is Cn1cc(-c2n[nH]c(=O)[nH]2)c2cc(F)ccc21. The molecule has 86 valence electrons. The molecule has 0 unspecified atom stereocenters. The summed E-state index contributed by atoms with van der Waals surface area (Å²) in [5.74, 6) is 0.0917. The summed E-state index contributed by atoms with van der Waals surface area (Å²) in [5.41, 5.74) is 1.19. The van der Waals surface area contributed by atoms with Gasteiger partial charge in [-0.2, -0.15) is 5.10 Å². The quantitative estimate of drug-likeness (QED) is 0.666. The molecular weight excluding hydrogens is 223 g/mol. The molecule has 2 aromatic heterocycles. The molecule has 0 fully saturated rings. The highest BCUT2D eigenvalue weighted by molar-refractivity contribution is 5.94. The summed E-state index contributed by atoms with van der Waals surface area (Å²) in [6.07, 6.45) is 1.80. The zero-order valence-corrected chi connectivity index (χ0v) is 8.99. The van der Waals surface area contributed by atoms with Gasteiger partial charge in [0, 0.05) is 29.7 Å². The van der Waals surface area contributed by atoms with Crippen LogP contribution in [0.3, 0.4) is 0 Å². The Morgan fingerprint density at radius 1 is 1.41 bits per heavy atom. The Bertz CT molecular complexity index is 752. The van der Waals surface area contributed by atoms with Gasteiger partial charge in [0.25, 0.3) is 0 Å². The Morgan fingerprint density at radius 2 is 2.24 bits per heavy atom. The molecule has 3 aromatic rings. The summed E-state index contributed by atoms with van der Waals surface area (Å²) in [7, 11) is 1.86. The maximum Gasteiger partial charge on any atom is 0.340 e. The van der Waals surface area contributed by atoms with Gasteiger partial charge in [-0.3, -0.25) is 4.98 Å². The van der Waals surface area contributed by atoms with Crippen molar-refractivity contribution in [3.63, 3.8) is 0 Å². The number of rotatable bonds is 1. The topological polar surface area (TPSA) is 66.5 Å². The molecule has 2 N–H and O–H groups in total. The van der Waals surface area contributed by atoms with Crippen LogP contribution >= 0.6 is 0 Å². The van der Waals surface area contributed by atoms with E-state index in [2.05, 4.69) is 15.2 Å². The number of H-pyrrole nitrogens is 2. The van der Waals surface area contributed by atoms with Crippen molar-refractivity contribution in [1.29, 1.82) is 0 Å². The van der Waals surface area contributed by atoms with Crippen LogP contribution in [-0.4, -0.2) is 19.7 Å². The number of aromatic nitrogens is 4. The second kappa shape index (κ2) is 3.31. The number of hydrogen-bond donors (Lipinski definition) is 2. The van der Waals surface area contributed by atoms with Gasteiger partial charge in [0.2, 0.25) is 0 Å². The fourth-order valence-electron chi connectivity index (χ4n) is 1.95. The minimum atomic E-state index is -0.381. The zero-order valence-electron chi connectivity index (χ0n) is 8.99. The van der Waals surface area contributed by atoms with Crippen molar-refractivity contribution < 1.29 is 4.39 Å². The van der Waals surface area contributed by atoms with E-state index >= 15 is 0 Å². The summed E-state index contributed by atoms with van der Waals surface area (Å²) in [4.78, 5) is 13.6. The molecule has 0 amide bonds. The second-order valence-corrected chi connectivity index (χ2v) is 3.84. The van der Waals surface area contributed by atoms with Crippen LogP contribution in [0.4, 0.5) is 4.39 Å². The fourth-order valence-corrected chi connectivity index (χ4v) is 1.95. The Labute approximate surface area is 94.9 Å². The van der Waals surface area contributed by atoms with E-state index in [-0.39, 0.29) is 11.5 Å². The number of hydrogen-bond acceptors (Lipinski definition) is 2. The first-order valence-corrected chi connectivity index (χ1v) is 5.05. The summed E-state index contributed by atoms with van der Waals surface area (Å²) in [6.45, 7) is 0. The normalized spacial score (nSPS) is 11.2. The molecule has 6 heteroatoms. The molecule has 0 aliphatic carbocycles. The minimum absolute atomic E-state index is 0.317. The molecule has 17 heavy (non-hydrogen) atoms. The van der Waals surface area contributed by atoms with Gasteiger partial charge in [0.05, 0.1) is 0 Å². The van der Waals surface area contributed by atoms with Crippen LogP contribution in [0.2, 0.25) is 0 Å². The Kier molecular flexibility index (Phi) is 1.91. The Morgan fingerprint density at radius 3 is 2.94 bits per heavy atom. The molecule has 2 heterocycles. The number of aromatic amines is 2. The molecule has 0 saturated carbocycles. The highest BCUT2D eigenvalue weighted by atomic mass is 19.1. The van der Waals surface area contributed by atoms with Crippen molar-refractivity contribution in [2.75, 3.05) is 0 Å². The third kappa shape index (κ3) is 1.45. The molecule has 0 saturated heterocycles. The van der Waals surface area contributed by atoms with Gasteiger partial charge in [-0.25, -0.2) is 14.3 Å². The highest BCUT2D eigenvalue weighted by Gasteiger charge is 2.12. The first-order valence-electron chi connectivity index (χ1n) is 5.05. The van der Waals surface area contributed by atoms with Gasteiger partial charge in [0.1, 0.15) is 5.82 Å². The lowest BCUT2D eigenvalue weighted by molar-refractivity contribution is 0.629. The van der Waals surface area contributed by atoms with Gasteiger partial charge >= 0.3 is 5.69 Å². The minimum Gasteiger partial charge on any atom is -0.350 e. The number of nitrogens with one attached hydrogen (secondary N) is 2. The second-order valence-electron chi connectivity index (χ2n) is 3.84. The van der Waals surface area contributed by atoms with E-state index in [1.54, 1.807) is 12.3 Å². The standard InChI is InChI=1S/C11H9FN4O/c1-16-5-8(10-13-11(17)15-14-10)7-4-6(12)2-3-9(7)16/h2-5H,1H3,(H2,13,14,15,17). The summed E-state index contributed by atoms with van der Waals surface area (Å²) in [5, 5.41) is 6.86. The highest BCUT2D eigenvalue weighted by Crippen LogP contribution is 2.27. The van der Waals surface area contributed by atoms with Gasteiger partial charge in [-0.15, -0.1) is 0 Å². The monoisotopic (exact) mass is 232 g/mol. The third-order valence-corrected chi connectivity index (χ3v) is 2.71. The molecule has 0 radical (unpaired) electrons. The molecule has 5 nitrogen and oxygen atoms in total. The van der Waals surface area contributed by atoms with E-state index < -0.39 is 0 Å². The van der Waals surface area contributed by atoms with Crippen LogP contribution in [0.15, 0.2) is 29.2 Å². The Hall–Kier alpha value is -2.37. The van der Waals surface area contributed by atoms with Crippen LogP contribution in [-0.2, 0) is 7.05 Å². The van der Waals surface area contributed by atoms with Crippen LogP contribution < -0.4 is 5.69 Å². The third-order valence-electron chi connectivity index (χ3n) is 2.71. The number of halogens is 1. The van der Waals surface area contributed by atoms with Crippen LogP contribution in [0.1, 0.15) is 0 Å². The number of aryl methyl sites for hydroxylation is 1. The molecule has 0 aliphatic heterocycles. The molecule has 0 bridgehead atoms. The van der Waals surface area contributed by atoms with Crippen LogP contribution in [0, 0.1) is 5.82 Å². The van der Waals surface area contributed by atoms with Crippen molar-refractivity contribution in [2.45, 2.75) is 0 Å². The van der Waals surface area contributed by atoms with E-state index in [0.717, 1.165) is 10.9 Å². The smallest absolute Gasteiger partial charge is 0.340 e. The summed E-state index contributed by atoms with van der Waals surface area (Å²) >= 11 is 0. The van der Waals surface area contributed by atoms with Crippen LogP contribution in [0.5, 0.6) is 0 Å². The van der Waals surface area contributed by atoms with Gasteiger partial charge in [-0.1, -0.05) is 0 Å². The fraction of sp³-hybridized carbons (Fsp3) is 0.0909. The maximum atomic E-state index is 13.2. The van der Waals surface area contributed by atoms with Crippen molar-refractivity contribution >= 4 is 10.9 Å². The number of fused-ring (bicyclic) bond motifs is 1. The average Bonchev–Trinajstić information content (AvgIpc) is 2.83. The summed E-state index contributed by atoms with van der Waals surface area (Å²) < 4.78 is 15.1. The van der Waals surface area contributed by atoms with E-state index in [0.29, 0.717) is 11.4 Å². The predicted molar refractivity (Wildman–Crippen MR) is 61.1 cm³/mol. The molecule has 3 rings (SSSR count). The van der Waals surface area contributed by atoms with E-state index in [9.17, 15) is 9.18 Å². The van der Waals surface area contributed by atoms with Crippen molar-refractivity contribution in [3.8, 4) is 11.4 Å². The van der Waals surface area contributed by atoms with Gasteiger partial charge < -0.3 is 4.57 Å². The van der Waals surface area contributed by atoms with E-state index in [1.807, 2.05) is 11.6 Å².